The number of hydrogen-bond donors (Lipinski definition) is 2. The van der Waals surface area contributed by atoms with Crippen LogP contribution in [0.4, 0.5) is 0 Å². The minimum atomic E-state index is 0.202. The number of amides is 1. The predicted octanol–water partition coefficient (Wildman–Crippen LogP) is 2.79. The van der Waals surface area contributed by atoms with Crippen LogP contribution in [-0.2, 0) is 11.2 Å². The summed E-state index contributed by atoms with van der Waals surface area (Å²) in [6.45, 7) is 1.90. The molecule has 4 rings (SSSR count). The van der Waals surface area contributed by atoms with E-state index >= 15 is 0 Å². The van der Waals surface area contributed by atoms with Crippen LogP contribution in [0.3, 0.4) is 0 Å². The number of nitrogens with one attached hydrogen (secondary N) is 2. The smallest absolute Gasteiger partial charge is 0.220 e. The third-order valence-corrected chi connectivity index (χ3v) is 5.56. The number of carbonyl (C=O) groups excluding carboxylic acids is 1. The van der Waals surface area contributed by atoms with Crippen LogP contribution < -0.4 is 15.4 Å². The van der Waals surface area contributed by atoms with Crippen LogP contribution in [0.2, 0.25) is 0 Å². The van der Waals surface area contributed by atoms with Crippen LogP contribution in [0.25, 0.3) is 11.3 Å². The largest absolute Gasteiger partial charge is 0.497 e. The van der Waals surface area contributed by atoms with Crippen LogP contribution in [0.1, 0.15) is 31.4 Å². The molecule has 2 N–H and O–H groups in total. The Balaban J connectivity index is 1.39. The first kappa shape index (κ1) is 18.0. The Labute approximate surface area is 159 Å². The summed E-state index contributed by atoms with van der Waals surface area (Å²) in [6.07, 6.45) is 4.74. The van der Waals surface area contributed by atoms with Gasteiger partial charge in [0.15, 0.2) is 5.76 Å². The van der Waals surface area contributed by atoms with Crippen molar-refractivity contribution >= 4 is 5.91 Å². The van der Waals surface area contributed by atoms with Crippen LogP contribution in [-0.4, -0.2) is 37.3 Å². The zero-order valence-corrected chi connectivity index (χ0v) is 15.7. The number of rotatable bonds is 7. The molecule has 0 spiro atoms. The van der Waals surface area contributed by atoms with Gasteiger partial charge in [-0.25, -0.2) is 0 Å². The van der Waals surface area contributed by atoms with Gasteiger partial charge in [0.1, 0.15) is 5.75 Å². The number of methoxy groups -OCH3 is 1. The van der Waals surface area contributed by atoms with Crippen LogP contribution in [0.15, 0.2) is 34.9 Å². The zero-order valence-electron chi connectivity index (χ0n) is 15.7. The van der Waals surface area contributed by atoms with Crippen molar-refractivity contribution in [3.63, 3.8) is 0 Å². The van der Waals surface area contributed by atoms with Gasteiger partial charge in [-0.1, -0.05) is 5.16 Å². The molecular weight excluding hydrogens is 342 g/mol. The van der Waals surface area contributed by atoms with E-state index in [2.05, 4.69) is 15.8 Å². The molecule has 0 radical (unpaired) electrons. The van der Waals surface area contributed by atoms with E-state index in [-0.39, 0.29) is 5.91 Å². The molecular formula is C21H27N3O3. The maximum Gasteiger partial charge on any atom is 0.220 e. The number of carbonyl (C=O) groups is 1. The zero-order chi connectivity index (χ0) is 18.6. The predicted molar refractivity (Wildman–Crippen MR) is 102 cm³/mol. The molecule has 27 heavy (non-hydrogen) atoms. The van der Waals surface area contributed by atoms with E-state index in [4.69, 9.17) is 9.26 Å². The highest BCUT2D eigenvalue weighted by Gasteiger charge is 2.30. The lowest BCUT2D eigenvalue weighted by atomic mass is 9.81. The summed E-state index contributed by atoms with van der Waals surface area (Å²) in [5, 5.41) is 10.8. The lowest BCUT2D eigenvalue weighted by Gasteiger charge is -2.31. The second-order valence-electron chi connectivity index (χ2n) is 7.67. The van der Waals surface area contributed by atoms with Gasteiger partial charge < -0.3 is 19.9 Å². The SMILES string of the molecule is COc1ccc(-c2cc(CC3CNCCC3CC(=O)NC3CC3)no2)cc1. The van der Waals surface area contributed by atoms with Crippen molar-refractivity contribution in [2.45, 2.75) is 38.1 Å². The van der Waals surface area contributed by atoms with Crippen molar-refractivity contribution in [3.05, 3.63) is 36.0 Å². The first-order chi connectivity index (χ1) is 13.2. The Morgan fingerprint density at radius 2 is 2.07 bits per heavy atom. The number of piperidine rings is 1. The first-order valence-corrected chi connectivity index (χ1v) is 9.81. The minimum absolute atomic E-state index is 0.202. The maximum absolute atomic E-state index is 12.2. The molecule has 1 aromatic carbocycles. The fourth-order valence-corrected chi connectivity index (χ4v) is 3.81. The summed E-state index contributed by atoms with van der Waals surface area (Å²) in [5.74, 6) is 2.58. The summed E-state index contributed by atoms with van der Waals surface area (Å²) < 4.78 is 10.7. The number of ether oxygens (including phenoxy) is 1. The molecule has 2 fully saturated rings. The molecule has 6 nitrogen and oxygen atoms in total. The lowest BCUT2D eigenvalue weighted by molar-refractivity contribution is -0.122. The second-order valence-corrected chi connectivity index (χ2v) is 7.67. The van der Waals surface area contributed by atoms with E-state index in [0.29, 0.717) is 24.3 Å². The first-order valence-electron chi connectivity index (χ1n) is 9.81. The van der Waals surface area contributed by atoms with E-state index in [1.54, 1.807) is 7.11 Å². The summed E-state index contributed by atoms with van der Waals surface area (Å²) in [4.78, 5) is 12.2. The highest BCUT2D eigenvalue weighted by molar-refractivity contribution is 5.76. The van der Waals surface area contributed by atoms with E-state index in [1.165, 1.54) is 0 Å². The molecule has 1 saturated heterocycles. The molecule has 1 saturated carbocycles. The highest BCUT2D eigenvalue weighted by atomic mass is 16.5. The molecule has 2 unspecified atom stereocenters. The van der Waals surface area contributed by atoms with Crippen LogP contribution >= 0.6 is 0 Å². The fraction of sp³-hybridized carbons (Fsp3) is 0.524. The topological polar surface area (TPSA) is 76.4 Å². The van der Waals surface area contributed by atoms with Crippen molar-refractivity contribution in [3.8, 4) is 17.1 Å². The van der Waals surface area contributed by atoms with Gasteiger partial charge in [-0.3, -0.25) is 4.79 Å². The molecule has 1 aromatic heterocycles. The minimum Gasteiger partial charge on any atom is -0.497 e. The summed E-state index contributed by atoms with van der Waals surface area (Å²) in [5.41, 5.74) is 1.93. The summed E-state index contributed by atoms with van der Waals surface area (Å²) in [7, 11) is 1.65. The van der Waals surface area contributed by atoms with Crippen molar-refractivity contribution in [2.24, 2.45) is 11.8 Å². The molecule has 0 bridgehead atoms. The van der Waals surface area contributed by atoms with Gasteiger partial charge in [0.05, 0.1) is 12.8 Å². The quantitative estimate of drug-likeness (QED) is 0.785. The molecule has 6 heteroatoms. The Hall–Kier alpha value is -2.34. The van der Waals surface area contributed by atoms with Crippen molar-refractivity contribution in [1.82, 2.24) is 15.8 Å². The van der Waals surface area contributed by atoms with E-state index < -0.39 is 0 Å². The monoisotopic (exact) mass is 369 g/mol. The molecule has 144 valence electrons. The van der Waals surface area contributed by atoms with Gasteiger partial charge in [-0.15, -0.1) is 0 Å². The molecule has 2 aliphatic rings. The number of benzene rings is 1. The van der Waals surface area contributed by atoms with Crippen molar-refractivity contribution in [2.75, 3.05) is 20.2 Å². The maximum atomic E-state index is 12.2. The Morgan fingerprint density at radius 3 is 2.81 bits per heavy atom. The summed E-state index contributed by atoms with van der Waals surface area (Å²) >= 11 is 0. The van der Waals surface area contributed by atoms with E-state index in [0.717, 1.165) is 61.5 Å². The average Bonchev–Trinajstić information content (AvgIpc) is 3.38. The molecule has 1 amide bonds. The number of aromatic nitrogens is 1. The standard InChI is InChI=1S/C21H27N3O3/c1-26-19-6-2-14(3-7-19)20-12-18(24-27-20)10-16-13-22-9-8-15(16)11-21(25)23-17-4-5-17/h2-3,6-7,12,15-17,22H,4-5,8-11,13H2,1H3,(H,23,25). The average molecular weight is 369 g/mol. The van der Waals surface area contributed by atoms with Gasteiger partial charge >= 0.3 is 0 Å². The van der Waals surface area contributed by atoms with E-state index in [9.17, 15) is 4.79 Å². The molecule has 2 atom stereocenters. The van der Waals surface area contributed by atoms with Crippen LogP contribution in [0.5, 0.6) is 5.75 Å². The number of nitrogens with zero attached hydrogens (tertiary/aromatic N) is 1. The fourth-order valence-electron chi connectivity index (χ4n) is 3.81. The van der Waals surface area contributed by atoms with E-state index in [1.807, 2.05) is 30.3 Å². The Kier molecular flexibility index (Phi) is 5.43. The van der Waals surface area contributed by atoms with Gasteiger partial charge in [-0.05, 0) is 74.9 Å². The third kappa shape index (κ3) is 4.69. The molecule has 1 aliphatic carbocycles. The normalized spacial score (nSPS) is 22.4. The van der Waals surface area contributed by atoms with Gasteiger partial charge in [0.2, 0.25) is 5.91 Å². The van der Waals surface area contributed by atoms with Crippen LogP contribution in [0, 0.1) is 11.8 Å². The van der Waals surface area contributed by atoms with Gasteiger partial charge in [0, 0.05) is 24.1 Å². The summed E-state index contributed by atoms with van der Waals surface area (Å²) in [6, 6.07) is 10.2. The Bertz CT molecular complexity index is 767. The number of hydrogen-bond acceptors (Lipinski definition) is 5. The highest BCUT2D eigenvalue weighted by Crippen LogP contribution is 2.29. The third-order valence-electron chi connectivity index (χ3n) is 5.56. The van der Waals surface area contributed by atoms with Gasteiger partial charge in [-0.2, -0.15) is 0 Å². The molecule has 1 aliphatic heterocycles. The Morgan fingerprint density at radius 1 is 1.26 bits per heavy atom. The van der Waals surface area contributed by atoms with Gasteiger partial charge in [0.25, 0.3) is 0 Å². The second kappa shape index (κ2) is 8.13. The molecule has 2 aromatic rings. The lowest BCUT2D eigenvalue weighted by Crippen LogP contribution is -2.40. The van der Waals surface area contributed by atoms with Crippen molar-refractivity contribution in [1.29, 1.82) is 0 Å². The van der Waals surface area contributed by atoms with Crippen molar-refractivity contribution < 1.29 is 14.1 Å². The molecule has 2 heterocycles.